The summed E-state index contributed by atoms with van der Waals surface area (Å²) < 4.78 is 20.4. The van der Waals surface area contributed by atoms with Crippen LogP contribution >= 0.6 is 0 Å². The number of carbonyl (C=O) groups is 2. The van der Waals surface area contributed by atoms with Crippen molar-refractivity contribution in [1.29, 1.82) is 0 Å². The summed E-state index contributed by atoms with van der Waals surface area (Å²) in [4.78, 5) is 23.9. The second-order valence-corrected chi connectivity index (χ2v) is 5.48. The minimum atomic E-state index is -0.472. The van der Waals surface area contributed by atoms with Gasteiger partial charge in [0.05, 0.1) is 26.1 Å². The van der Waals surface area contributed by atoms with Crippen molar-refractivity contribution in [3.63, 3.8) is 0 Å². The third kappa shape index (κ3) is 1.42. The Morgan fingerprint density at radius 1 is 0.952 bits per heavy atom. The van der Waals surface area contributed by atoms with E-state index < -0.39 is 11.8 Å². The summed E-state index contributed by atoms with van der Waals surface area (Å²) in [5.74, 6) is -0.280. The van der Waals surface area contributed by atoms with Gasteiger partial charge in [-0.05, 0) is 23.3 Å². The fourth-order valence-electron chi connectivity index (χ4n) is 3.83. The monoisotopic (exact) mass is 290 g/mol. The van der Waals surface area contributed by atoms with Crippen LogP contribution in [0.3, 0.4) is 0 Å². The van der Waals surface area contributed by atoms with E-state index >= 15 is 0 Å². The minimum absolute atomic E-state index is 0.00560. The van der Waals surface area contributed by atoms with Crippen LogP contribution in [0.5, 0.6) is 11.5 Å². The molecule has 6 nitrogen and oxygen atoms in total. The van der Waals surface area contributed by atoms with Crippen LogP contribution in [0.15, 0.2) is 12.1 Å². The van der Waals surface area contributed by atoms with Crippen LogP contribution in [-0.4, -0.2) is 33.0 Å². The van der Waals surface area contributed by atoms with E-state index in [0.29, 0.717) is 11.5 Å². The van der Waals surface area contributed by atoms with Gasteiger partial charge in [0.1, 0.15) is 0 Å². The van der Waals surface area contributed by atoms with E-state index in [-0.39, 0.29) is 30.6 Å². The molecule has 6 heteroatoms. The predicted octanol–water partition coefficient (Wildman–Crippen LogP) is 1.19. The van der Waals surface area contributed by atoms with Crippen molar-refractivity contribution >= 4 is 11.9 Å². The summed E-state index contributed by atoms with van der Waals surface area (Å²) in [5, 5.41) is 0. The molecule has 0 aromatic heterocycles. The minimum Gasteiger partial charge on any atom is -0.469 e. The first-order valence-electron chi connectivity index (χ1n) is 6.76. The average Bonchev–Trinajstić information content (AvgIpc) is 2.92. The lowest BCUT2D eigenvalue weighted by molar-refractivity contribution is -0.170. The molecule has 1 saturated carbocycles. The number of carbonyl (C=O) groups excluding carboxylic acids is 2. The van der Waals surface area contributed by atoms with Crippen molar-refractivity contribution in [1.82, 2.24) is 0 Å². The smallest absolute Gasteiger partial charge is 0.310 e. The number of hydrogen-bond donors (Lipinski definition) is 0. The predicted molar refractivity (Wildman–Crippen MR) is 69.1 cm³/mol. The van der Waals surface area contributed by atoms with E-state index in [0.717, 1.165) is 11.1 Å². The molecule has 110 valence electrons. The Morgan fingerprint density at radius 2 is 1.38 bits per heavy atom. The standard InChI is InChI=1S/C15H14O6/c1-18-14(16)12-10-6-3-8-9(21-5-20-8)4-7(6)11(10)13(12)15(17)19-2/h3-4,10-13H,5H2,1-2H3/t10-,11?,12-,13+/m1/s1. The highest BCUT2D eigenvalue weighted by molar-refractivity contribution is 5.89. The van der Waals surface area contributed by atoms with Crippen molar-refractivity contribution in [3.8, 4) is 11.5 Å². The van der Waals surface area contributed by atoms with E-state index in [4.69, 9.17) is 18.9 Å². The summed E-state index contributed by atoms with van der Waals surface area (Å²) >= 11 is 0. The molecule has 0 amide bonds. The molecule has 0 radical (unpaired) electrons. The van der Waals surface area contributed by atoms with Gasteiger partial charge < -0.3 is 18.9 Å². The van der Waals surface area contributed by atoms with Gasteiger partial charge in [0, 0.05) is 11.8 Å². The number of esters is 2. The molecule has 1 aromatic carbocycles. The lowest BCUT2D eigenvalue weighted by atomic mass is 9.44. The van der Waals surface area contributed by atoms with Gasteiger partial charge in [-0.15, -0.1) is 0 Å². The van der Waals surface area contributed by atoms with Gasteiger partial charge in [0.15, 0.2) is 11.5 Å². The quantitative estimate of drug-likeness (QED) is 0.762. The topological polar surface area (TPSA) is 71.1 Å². The van der Waals surface area contributed by atoms with Crippen molar-refractivity contribution in [3.05, 3.63) is 23.3 Å². The number of fused-ring (bicyclic) bond motifs is 5. The molecule has 1 aliphatic heterocycles. The van der Waals surface area contributed by atoms with Crippen LogP contribution in [-0.2, 0) is 19.1 Å². The first kappa shape index (κ1) is 12.5. The van der Waals surface area contributed by atoms with Crippen molar-refractivity contribution in [2.75, 3.05) is 21.0 Å². The Kier molecular flexibility index (Phi) is 2.46. The molecule has 4 atom stereocenters. The van der Waals surface area contributed by atoms with E-state index in [1.54, 1.807) is 0 Å². The Labute approximate surface area is 120 Å². The van der Waals surface area contributed by atoms with E-state index in [2.05, 4.69) is 0 Å². The number of methoxy groups -OCH3 is 2. The fourth-order valence-corrected chi connectivity index (χ4v) is 3.83. The number of benzene rings is 1. The summed E-state index contributed by atoms with van der Waals surface area (Å²) in [6, 6.07) is 3.81. The lowest BCUT2D eigenvalue weighted by Crippen LogP contribution is -2.56. The van der Waals surface area contributed by atoms with Crippen LogP contribution in [0, 0.1) is 11.8 Å². The van der Waals surface area contributed by atoms with Crippen molar-refractivity contribution in [2.45, 2.75) is 11.8 Å². The van der Waals surface area contributed by atoms with E-state index in [1.165, 1.54) is 14.2 Å². The molecule has 0 bridgehead atoms. The van der Waals surface area contributed by atoms with Gasteiger partial charge in [-0.2, -0.15) is 0 Å². The maximum absolute atomic E-state index is 12.0. The van der Waals surface area contributed by atoms with E-state index in [1.807, 2.05) is 12.1 Å². The van der Waals surface area contributed by atoms with Crippen LogP contribution in [0.4, 0.5) is 0 Å². The van der Waals surface area contributed by atoms with Gasteiger partial charge in [-0.1, -0.05) is 0 Å². The molecule has 1 unspecified atom stereocenters. The first-order valence-corrected chi connectivity index (χ1v) is 6.76. The highest BCUT2D eigenvalue weighted by atomic mass is 16.7. The Bertz CT molecular complexity index is 597. The van der Waals surface area contributed by atoms with Crippen molar-refractivity contribution in [2.24, 2.45) is 11.8 Å². The molecule has 4 rings (SSSR count). The van der Waals surface area contributed by atoms with Gasteiger partial charge in [-0.25, -0.2) is 0 Å². The first-order chi connectivity index (χ1) is 10.2. The highest BCUT2D eigenvalue weighted by Gasteiger charge is 2.65. The van der Waals surface area contributed by atoms with Crippen LogP contribution in [0.2, 0.25) is 0 Å². The Balaban J connectivity index is 1.74. The molecule has 1 aromatic rings. The third-order valence-electron chi connectivity index (χ3n) is 4.79. The Hall–Kier alpha value is -2.24. The Morgan fingerprint density at radius 3 is 1.76 bits per heavy atom. The maximum atomic E-state index is 12.0. The van der Waals surface area contributed by atoms with Crippen molar-refractivity contribution < 1.29 is 28.5 Å². The summed E-state index contributed by atoms with van der Waals surface area (Å²) in [6.07, 6.45) is 0. The molecule has 0 spiro atoms. The van der Waals surface area contributed by atoms with Gasteiger partial charge >= 0.3 is 11.9 Å². The summed E-state index contributed by atoms with van der Waals surface area (Å²) in [7, 11) is 2.67. The lowest BCUT2D eigenvalue weighted by Gasteiger charge is -2.57. The maximum Gasteiger partial charge on any atom is 0.310 e. The normalized spacial score (nSPS) is 30.4. The molecule has 0 saturated heterocycles. The summed E-state index contributed by atoms with van der Waals surface area (Å²) in [6.45, 7) is 0.203. The zero-order valence-electron chi connectivity index (χ0n) is 11.6. The molecule has 21 heavy (non-hydrogen) atoms. The molecule has 2 aliphatic carbocycles. The number of hydrogen-bond acceptors (Lipinski definition) is 6. The molecule has 3 aliphatic rings. The van der Waals surface area contributed by atoms with Gasteiger partial charge in [0.2, 0.25) is 6.79 Å². The van der Waals surface area contributed by atoms with Gasteiger partial charge in [0.25, 0.3) is 0 Å². The SMILES string of the molecule is COC(=O)[C@@H]1[C@@H]2c3cc4c(cc3C2[C@@H]1C(=O)OC)OCO4. The second-order valence-electron chi connectivity index (χ2n) is 5.48. The largest absolute Gasteiger partial charge is 0.469 e. The molecular weight excluding hydrogens is 276 g/mol. The molecular formula is C15H14O6. The highest BCUT2D eigenvalue weighted by Crippen LogP contribution is 2.68. The van der Waals surface area contributed by atoms with E-state index in [9.17, 15) is 9.59 Å². The zero-order chi connectivity index (χ0) is 14.7. The van der Waals surface area contributed by atoms with Crippen LogP contribution < -0.4 is 9.47 Å². The third-order valence-corrected chi connectivity index (χ3v) is 4.79. The summed E-state index contributed by atoms with van der Waals surface area (Å²) in [5.41, 5.74) is 2.08. The zero-order valence-corrected chi connectivity index (χ0v) is 11.6. The second kappa shape index (κ2) is 4.13. The molecule has 0 N–H and O–H groups in total. The van der Waals surface area contributed by atoms with Crippen LogP contribution in [0.1, 0.15) is 23.0 Å². The fraction of sp³-hybridized carbons (Fsp3) is 0.467. The average molecular weight is 290 g/mol. The molecule has 1 heterocycles. The number of rotatable bonds is 2. The number of ether oxygens (including phenoxy) is 4. The van der Waals surface area contributed by atoms with Gasteiger partial charge in [-0.3, -0.25) is 9.59 Å². The van der Waals surface area contributed by atoms with Crippen LogP contribution in [0.25, 0.3) is 0 Å². The molecule has 1 fully saturated rings.